The number of ether oxygens (including phenoxy) is 2. The molecule has 2 aromatic rings. The highest BCUT2D eigenvalue weighted by Crippen LogP contribution is 2.23. The van der Waals surface area contributed by atoms with E-state index in [2.05, 4.69) is 10.3 Å². The summed E-state index contributed by atoms with van der Waals surface area (Å²) in [6.45, 7) is 5.48. The van der Waals surface area contributed by atoms with Crippen LogP contribution in [0.2, 0.25) is 0 Å². The molecule has 1 aromatic carbocycles. The number of anilines is 1. The Bertz CT molecular complexity index is 596. The number of H-pyrrole nitrogens is 1. The van der Waals surface area contributed by atoms with Gasteiger partial charge in [0.2, 0.25) is 0 Å². The van der Waals surface area contributed by atoms with E-state index >= 15 is 0 Å². The number of amides is 1. The van der Waals surface area contributed by atoms with Gasteiger partial charge in [0.1, 0.15) is 5.60 Å². The Morgan fingerprint density at radius 1 is 1.26 bits per heavy atom. The minimum atomic E-state index is -0.508. The number of aromatic nitrogens is 1. The van der Waals surface area contributed by atoms with Gasteiger partial charge in [-0.2, -0.15) is 0 Å². The van der Waals surface area contributed by atoms with E-state index in [0.29, 0.717) is 11.6 Å². The van der Waals surface area contributed by atoms with Crippen molar-refractivity contribution in [2.75, 3.05) is 12.4 Å². The molecule has 0 saturated carbocycles. The number of carbonyl (C=O) groups is 1. The van der Waals surface area contributed by atoms with Crippen LogP contribution in [-0.2, 0) is 4.74 Å². The number of benzene rings is 1. The topological polar surface area (TPSA) is 63.4 Å². The second-order valence-corrected chi connectivity index (χ2v) is 5.27. The minimum Gasteiger partial charge on any atom is -0.482 e. The molecule has 2 rings (SSSR count). The van der Waals surface area contributed by atoms with Crippen LogP contribution in [0, 0.1) is 0 Å². The van der Waals surface area contributed by atoms with Crippen LogP contribution in [0.1, 0.15) is 20.8 Å². The summed E-state index contributed by atoms with van der Waals surface area (Å²) in [7, 11) is 1.60. The fourth-order valence-electron chi connectivity index (χ4n) is 1.72. The molecule has 0 aliphatic rings. The summed E-state index contributed by atoms with van der Waals surface area (Å²) < 4.78 is 10.3. The maximum Gasteiger partial charge on any atom is 0.412 e. The first-order chi connectivity index (χ1) is 8.87. The molecule has 1 amide bonds. The van der Waals surface area contributed by atoms with E-state index in [1.165, 1.54) is 0 Å². The van der Waals surface area contributed by atoms with E-state index in [9.17, 15) is 4.79 Å². The van der Waals surface area contributed by atoms with Gasteiger partial charge in [0.25, 0.3) is 0 Å². The van der Waals surface area contributed by atoms with Crippen molar-refractivity contribution in [3.8, 4) is 5.88 Å². The van der Waals surface area contributed by atoms with Gasteiger partial charge in [0, 0.05) is 22.7 Å². The number of carbonyl (C=O) groups excluding carboxylic acids is 1. The van der Waals surface area contributed by atoms with E-state index in [1.54, 1.807) is 7.11 Å². The molecule has 0 aliphatic carbocycles. The number of fused-ring (bicyclic) bond motifs is 1. The monoisotopic (exact) mass is 262 g/mol. The van der Waals surface area contributed by atoms with E-state index in [4.69, 9.17) is 9.47 Å². The highest BCUT2D eigenvalue weighted by Gasteiger charge is 2.16. The predicted molar refractivity (Wildman–Crippen MR) is 74.7 cm³/mol. The molecule has 0 spiro atoms. The summed E-state index contributed by atoms with van der Waals surface area (Å²) in [6, 6.07) is 7.42. The highest BCUT2D eigenvalue weighted by atomic mass is 16.6. The Balaban J connectivity index is 2.15. The van der Waals surface area contributed by atoms with Crippen LogP contribution in [0.25, 0.3) is 10.9 Å². The van der Waals surface area contributed by atoms with Crippen molar-refractivity contribution in [3.63, 3.8) is 0 Å². The Morgan fingerprint density at radius 3 is 2.63 bits per heavy atom. The number of aromatic amines is 1. The molecule has 19 heavy (non-hydrogen) atoms. The van der Waals surface area contributed by atoms with Crippen molar-refractivity contribution in [2.45, 2.75) is 26.4 Å². The first-order valence-corrected chi connectivity index (χ1v) is 6.04. The zero-order chi connectivity index (χ0) is 14.0. The first kappa shape index (κ1) is 13.3. The van der Waals surface area contributed by atoms with Gasteiger partial charge in [-0.05, 0) is 39.0 Å². The second kappa shape index (κ2) is 4.84. The Labute approximate surface area is 111 Å². The number of hydrogen-bond acceptors (Lipinski definition) is 3. The highest BCUT2D eigenvalue weighted by molar-refractivity contribution is 5.90. The van der Waals surface area contributed by atoms with Crippen molar-refractivity contribution in [1.29, 1.82) is 0 Å². The molecule has 102 valence electrons. The van der Waals surface area contributed by atoms with Crippen LogP contribution in [0.4, 0.5) is 10.5 Å². The summed E-state index contributed by atoms with van der Waals surface area (Å²) in [6.07, 6.45) is -0.464. The third-order valence-electron chi connectivity index (χ3n) is 2.46. The van der Waals surface area contributed by atoms with Gasteiger partial charge in [-0.25, -0.2) is 4.79 Å². The number of rotatable bonds is 2. The number of nitrogens with one attached hydrogen (secondary N) is 2. The molecule has 5 nitrogen and oxygen atoms in total. The average molecular weight is 262 g/mol. The molecule has 5 heteroatoms. The van der Waals surface area contributed by atoms with E-state index in [1.807, 2.05) is 45.0 Å². The Kier molecular flexibility index (Phi) is 3.38. The summed E-state index contributed by atoms with van der Waals surface area (Å²) in [5.41, 5.74) is 1.13. The predicted octanol–water partition coefficient (Wildman–Crippen LogP) is 3.52. The van der Waals surface area contributed by atoms with Crippen LogP contribution >= 0.6 is 0 Å². The van der Waals surface area contributed by atoms with Crippen LogP contribution in [-0.4, -0.2) is 23.8 Å². The van der Waals surface area contributed by atoms with Crippen molar-refractivity contribution in [3.05, 3.63) is 24.3 Å². The molecule has 0 atom stereocenters. The Hall–Kier alpha value is -2.17. The third-order valence-corrected chi connectivity index (χ3v) is 2.46. The second-order valence-electron chi connectivity index (χ2n) is 5.27. The minimum absolute atomic E-state index is 0.464. The quantitative estimate of drug-likeness (QED) is 0.870. The largest absolute Gasteiger partial charge is 0.482 e. The zero-order valence-corrected chi connectivity index (χ0v) is 11.5. The lowest BCUT2D eigenvalue weighted by molar-refractivity contribution is 0.0636. The van der Waals surface area contributed by atoms with Gasteiger partial charge in [0.05, 0.1) is 7.11 Å². The third kappa shape index (κ3) is 3.40. The Morgan fingerprint density at radius 2 is 2.00 bits per heavy atom. The summed E-state index contributed by atoms with van der Waals surface area (Å²) in [5, 5.41) is 3.67. The first-order valence-electron chi connectivity index (χ1n) is 6.04. The molecular formula is C14H18N2O3. The van der Waals surface area contributed by atoms with Crippen molar-refractivity contribution in [1.82, 2.24) is 4.98 Å². The van der Waals surface area contributed by atoms with E-state index in [0.717, 1.165) is 10.9 Å². The summed E-state index contributed by atoms with van der Waals surface area (Å²) >= 11 is 0. The summed E-state index contributed by atoms with van der Waals surface area (Å²) in [5.74, 6) is 0.685. The molecule has 0 aliphatic heterocycles. The van der Waals surface area contributed by atoms with Crippen molar-refractivity contribution >= 4 is 22.7 Å². The van der Waals surface area contributed by atoms with Gasteiger partial charge in [-0.1, -0.05) is 0 Å². The smallest absolute Gasteiger partial charge is 0.412 e. The summed E-state index contributed by atoms with van der Waals surface area (Å²) in [4.78, 5) is 14.8. The van der Waals surface area contributed by atoms with Gasteiger partial charge in [-0.3, -0.25) is 5.32 Å². The normalized spacial score (nSPS) is 11.4. The van der Waals surface area contributed by atoms with E-state index in [-0.39, 0.29) is 0 Å². The number of hydrogen-bond donors (Lipinski definition) is 2. The van der Waals surface area contributed by atoms with Crippen molar-refractivity contribution < 1.29 is 14.3 Å². The standard InChI is InChI=1S/C14H18N2O3/c1-14(2,3)19-13(17)15-10-5-6-11-9(7-10)8-12(16-11)18-4/h5-8,16H,1-4H3,(H,15,17). The van der Waals surface area contributed by atoms with Crippen LogP contribution in [0.3, 0.4) is 0 Å². The van der Waals surface area contributed by atoms with Crippen LogP contribution < -0.4 is 10.1 Å². The maximum absolute atomic E-state index is 11.7. The number of methoxy groups -OCH3 is 1. The molecule has 0 radical (unpaired) electrons. The lowest BCUT2D eigenvalue weighted by Gasteiger charge is -2.19. The molecule has 0 saturated heterocycles. The fraction of sp³-hybridized carbons (Fsp3) is 0.357. The lowest BCUT2D eigenvalue weighted by atomic mass is 10.2. The molecule has 0 fully saturated rings. The van der Waals surface area contributed by atoms with Crippen LogP contribution in [0.5, 0.6) is 5.88 Å². The van der Waals surface area contributed by atoms with Gasteiger partial charge < -0.3 is 14.5 Å². The maximum atomic E-state index is 11.7. The molecule has 0 bridgehead atoms. The van der Waals surface area contributed by atoms with Gasteiger partial charge in [0.15, 0.2) is 5.88 Å². The molecule has 0 unspecified atom stereocenters. The SMILES string of the molecule is COc1cc2cc(NC(=O)OC(C)(C)C)ccc2[nH]1. The molecule has 1 aromatic heterocycles. The van der Waals surface area contributed by atoms with Gasteiger partial charge >= 0.3 is 6.09 Å². The van der Waals surface area contributed by atoms with Gasteiger partial charge in [-0.15, -0.1) is 0 Å². The van der Waals surface area contributed by atoms with E-state index < -0.39 is 11.7 Å². The average Bonchev–Trinajstić information content (AvgIpc) is 2.68. The zero-order valence-electron chi connectivity index (χ0n) is 11.5. The van der Waals surface area contributed by atoms with Crippen molar-refractivity contribution in [2.24, 2.45) is 0 Å². The fourth-order valence-corrected chi connectivity index (χ4v) is 1.72. The lowest BCUT2D eigenvalue weighted by Crippen LogP contribution is -2.27. The molecular weight excluding hydrogens is 244 g/mol. The molecule has 1 heterocycles. The van der Waals surface area contributed by atoms with Crippen LogP contribution in [0.15, 0.2) is 24.3 Å². The molecule has 2 N–H and O–H groups in total.